The highest BCUT2D eigenvalue weighted by Crippen LogP contribution is 2.27. The third kappa shape index (κ3) is 3.74. The molecule has 0 amide bonds. The Balaban J connectivity index is 2.26. The molecule has 106 valence electrons. The number of rotatable bonds is 5. The van der Waals surface area contributed by atoms with Gasteiger partial charge in [0.2, 0.25) is 11.9 Å². The van der Waals surface area contributed by atoms with Crippen LogP contribution in [0.15, 0.2) is 29.2 Å². The maximum absolute atomic E-state index is 5.67. The summed E-state index contributed by atoms with van der Waals surface area (Å²) >= 11 is 1.64. The molecule has 1 aromatic carbocycles. The molecule has 0 aliphatic heterocycles. The minimum absolute atomic E-state index is 0.0249. The van der Waals surface area contributed by atoms with E-state index in [1.54, 1.807) is 11.8 Å². The molecule has 0 saturated heterocycles. The van der Waals surface area contributed by atoms with Crippen molar-refractivity contribution < 1.29 is 4.74 Å². The van der Waals surface area contributed by atoms with Crippen molar-refractivity contribution in [3.63, 3.8) is 0 Å². The Morgan fingerprint density at radius 3 is 2.65 bits per heavy atom. The minimum atomic E-state index is -0.0249. The van der Waals surface area contributed by atoms with Gasteiger partial charge in [-0.05, 0) is 32.2 Å². The fourth-order valence-corrected chi connectivity index (χ4v) is 2.11. The summed E-state index contributed by atoms with van der Waals surface area (Å²) in [4.78, 5) is 13.3. The van der Waals surface area contributed by atoms with Crippen molar-refractivity contribution in [3.05, 3.63) is 24.3 Å². The second-order valence-corrected chi connectivity index (χ2v) is 5.14. The van der Waals surface area contributed by atoms with Crippen LogP contribution in [0.3, 0.4) is 0 Å². The van der Waals surface area contributed by atoms with Crippen LogP contribution in [0, 0.1) is 0 Å². The molecule has 1 aromatic heterocycles. The predicted molar refractivity (Wildman–Crippen MR) is 81.5 cm³/mol. The lowest BCUT2D eigenvalue weighted by Crippen LogP contribution is -2.11. The molecule has 7 heteroatoms. The van der Waals surface area contributed by atoms with Crippen LogP contribution in [0.2, 0.25) is 0 Å². The average molecular weight is 291 g/mol. The van der Waals surface area contributed by atoms with Crippen LogP contribution in [-0.2, 0) is 0 Å². The predicted octanol–water partition coefficient (Wildman–Crippen LogP) is 2.71. The van der Waals surface area contributed by atoms with Crippen LogP contribution in [0.25, 0.3) is 0 Å². The lowest BCUT2D eigenvalue weighted by molar-refractivity contribution is 0.222. The molecule has 2 aromatic rings. The molecular weight excluding hydrogens is 274 g/mol. The first-order chi connectivity index (χ1) is 9.58. The van der Waals surface area contributed by atoms with Gasteiger partial charge in [0, 0.05) is 4.90 Å². The SMILES string of the molecule is CSc1ccccc1Nc1nc(N)nc(OC(C)C)n1. The summed E-state index contributed by atoms with van der Waals surface area (Å²) in [7, 11) is 0. The van der Waals surface area contributed by atoms with Crippen LogP contribution < -0.4 is 15.8 Å². The molecule has 0 aliphatic rings. The summed E-state index contributed by atoms with van der Waals surface area (Å²) in [5.74, 6) is 0.495. The van der Waals surface area contributed by atoms with E-state index >= 15 is 0 Å². The van der Waals surface area contributed by atoms with Crippen molar-refractivity contribution in [2.75, 3.05) is 17.3 Å². The van der Waals surface area contributed by atoms with E-state index < -0.39 is 0 Å². The second kappa shape index (κ2) is 6.42. The molecule has 20 heavy (non-hydrogen) atoms. The van der Waals surface area contributed by atoms with Crippen molar-refractivity contribution in [3.8, 4) is 6.01 Å². The Labute approximate surface area is 122 Å². The van der Waals surface area contributed by atoms with Crippen LogP contribution in [0.5, 0.6) is 6.01 Å². The van der Waals surface area contributed by atoms with Gasteiger partial charge >= 0.3 is 6.01 Å². The first-order valence-electron chi connectivity index (χ1n) is 6.16. The fourth-order valence-electron chi connectivity index (χ4n) is 1.56. The number of thioether (sulfide) groups is 1. The summed E-state index contributed by atoms with van der Waals surface area (Å²) in [6.07, 6.45) is 1.98. The Morgan fingerprint density at radius 1 is 1.20 bits per heavy atom. The number of benzene rings is 1. The van der Waals surface area contributed by atoms with Gasteiger partial charge in [0.05, 0.1) is 11.8 Å². The fraction of sp³-hybridized carbons (Fsp3) is 0.308. The Kier molecular flexibility index (Phi) is 4.62. The lowest BCUT2D eigenvalue weighted by atomic mass is 10.3. The number of hydrogen-bond donors (Lipinski definition) is 2. The van der Waals surface area contributed by atoms with Crippen LogP contribution in [-0.4, -0.2) is 27.3 Å². The molecule has 0 atom stereocenters. The summed E-state index contributed by atoms with van der Waals surface area (Å²) < 4.78 is 5.44. The summed E-state index contributed by atoms with van der Waals surface area (Å²) in [6.45, 7) is 3.80. The topological polar surface area (TPSA) is 86.0 Å². The van der Waals surface area contributed by atoms with Gasteiger partial charge < -0.3 is 15.8 Å². The van der Waals surface area contributed by atoms with Crippen LogP contribution >= 0.6 is 11.8 Å². The van der Waals surface area contributed by atoms with Gasteiger partial charge in [-0.1, -0.05) is 12.1 Å². The number of para-hydroxylation sites is 1. The number of nitrogens with one attached hydrogen (secondary N) is 1. The highest BCUT2D eigenvalue weighted by molar-refractivity contribution is 7.98. The van der Waals surface area contributed by atoms with Gasteiger partial charge in [-0.15, -0.1) is 11.8 Å². The molecule has 0 bridgehead atoms. The van der Waals surface area contributed by atoms with Crippen molar-refractivity contribution in [1.29, 1.82) is 0 Å². The summed E-state index contributed by atoms with van der Waals surface area (Å²) in [5, 5.41) is 3.13. The zero-order valence-electron chi connectivity index (χ0n) is 11.6. The maximum Gasteiger partial charge on any atom is 0.323 e. The molecule has 0 saturated carbocycles. The molecule has 0 unspecified atom stereocenters. The maximum atomic E-state index is 5.67. The second-order valence-electron chi connectivity index (χ2n) is 4.29. The van der Waals surface area contributed by atoms with E-state index in [1.807, 2.05) is 44.4 Å². The highest BCUT2D eigenvalue weighted by atomic mass is 32.2. The van der Waals surface area contributed by atoms with Crippen LogP contribution in [0.4, 0.5) is 17.6 Å². The van der Waals surface area contributed by atoms with Gasteiger partial charge in [-0.3, -0.25) is 0 Å². The summed E-state index contributed by atoms with van der Waals surface area (Å²) in [5.41, 5.74) is 6.59. The normalized spacial score (nSPS) is 10.6. The molecule has 3 N–H and O–H groups in total. The Hall–Kier alpha value is -2.02. The van der Waals surface area contributed by atoms with Crippen molar-refractivity contribution in [1.82, 2.24) is 15.0 Å². The Bertz CT molecular complexity index is 591. The number of aromatic nitrogens is 3. The molecule has 0 spiro atoms. The zero-order chi connectivity index (χ0) is 14.5. The Morgan fingerprint density at radius 2 is 1.95 bits per heavy atom. The molecule has 6 nitrogen and oxygen atoms in total. The van der Waals surface area contributed by atoms with Gasteiger partial charge in [-0.2, -0.15) is 15.0 Å². The highest BCUT2D eigenvalue weighted by Gasteiger charge is 2.09. The van der Waals surface area contributed by atoms with Crippen LogP contribution in [0.1, 0.15) is 13.8 Å². The third-order valence-electron chi connectivity index (χ3n) is 2.33. The van der Waals surface area contributed by atoms with Gasteiger partial charge in [0.25, 0.3) is 0 Å². The first-order valence-corrected chi connectivity index (χ1v) is 7.39. The minimum Gasteiger partial charge on any atom is -0.461 e. The molecule has 0 radical (unpaired) electrons. The lowest BCUT2D eigenvalue weighted by Gasteiger charge is -2.11. The molecular formula is C13H17N5OS. The van der Waals surface area contributed by atoms with E-state index in [1.165, 1.54) is 0 Å². The van der Waals surface area contributed by atoms with Gasteiger partial charge in [-0.25, -0.2) is 0 Å². The van der Waals surface area contributed by atoms with E-state index in [4.69, 9.17) is 10.5 Å². The standard InChI is InChI=1S/C13H17N5OS/c1-8(2)19-13-17-11(14)16-12(18-13)15-9-6-4-5-7-10(9)20-3/h4-8H,1-3H3,(H3,14,15,16,17,18). The van der Waals surface area contributed by atoms with E-state index in [9.17, 15) is 0 Å². The summed E-state index contributed by atoms with van der Waals surface area (Å²) in [6, 6.07) is 8.11. The number of nitrogen functional groups attached to an aromatic ring is 1. The molecule has 1 heterocycles. The number of anilines is 3. The average Bonchev–Trinajstić information content (AvgIpc) is 2.37. The number of hydrogen-bond acceptors (Lipinski definition) is 7. The number of nitrogens with two attached hydrogens (primary N) is 1. The quantitative estimate of drug-likeness (QED) is 0.819. The first kappa shape index (κ1) is 14.4. The van der Waals surface area contributed by atoms with Crippen molar-refractivity contribution in [2.45, 2.75) is 24.8 Å². The molecule has 2 rings (SSSR count). The van der Waals surface area contributed by atoms with E-state index in [-0.39, 0.29) is 18.1 Å². The van der Waals surface area contributed by atoms with E-state index in [0.29, 0.717) is 5.95 Å². The monoisotopic (exact) mass is 291 g/mol. The van der Waals surface area contributed by atoms with Crippen molar-refractivity contribution in [2.24, 2.45) is 0 Å². The molecule has 0 fully saturated rings. The van der Waals surface area contributed by atoms with Gasteiger partial charge in [0.1, 0.15) is 0 Å². The zero-order valence-corrected chi connectivity index (χ0v) is 12.4. The third-order valence-corrected chi connectivity index (χ3v) is 3.12. The molecule has 0 aliphatic carbocycles. The van der Waals surface area contributed by atoms with Crippen molar-refractivity contribution >= 4 is 29.3 Å². The smallest absolute Gasteiger partial charge is 0.323 e. The van der Waals surface area contributed by atoms with Gasteiger partial charge in [0.15, 0.2) is 0 Å². The number of ether oxygens (including phenoxy) is 1. The number of nitrogens with zero attached hydrogens (tertiary/aromatic N) is 3. The van der Waals surface area contributed by atoms with E-state index in [0.717, 1.165) is 10.6 Å². The van der Waals surface area contributed by atoms with E-state index in [2.05, 4.69) is 20.3 Å². The largest absolute Gasteiger partial charge is 0.461 e.